The van der Waals surface area contributed by atoms with Gasteiger partial charge in [0.1, 0.15) is 6.10 Å². The number of rotatable bonds is 8. The van der Waals surface area contributed by atoms with Gasteiger partial charge in [-0.2, -0.15) is 13.2 Å². The zero-order valence-corrected chi connectivity index (χ0v) is 17.6. The maximum Gasteiger partial charge on any atom is 0.407 e. The van der Waals surface area contributed by atoms with E-state index in [2.05, 4.69) is 31.5 Å². The molecule has 1 saturated heterocycles. The lowest BCUT2D eigenvalue weighted by atomic mass is 9.96. The molecule has 1 aliphatic heterocycles. The topological polar surface area (TPSA) is 127 Å². The van der Waals surface area contributed by atoms with Crippen molar-refractivity contribution >= 4 is 12.0 Å². The normalized spacial score (nSPS) is 25.4. The number of hydrogen-bond acceptors (Lipinski definition) is 8. The van der Waals surface area contributed by atoms with E-state index in [0.717, 1.165) is 6.42 Å². The largest absolute Gasteiger partial charge is 0.480 e. The van der Waals surface area contributed by atoms with Crippen LogP contribution in [0, 0.1) is 5.92 Å². The van der Waals surface area contributed by atoms with E-state index >= 15 is 0 Å². The Labute approximate surface area is 183 Å². The maximum absolute atomic E-state index is 12.3. The average molecular weight is 460 g/mol. The third-order valence-corrected chi connectivity index (χ3v) is 5.45. The van der Waals surface area contributed by atoms with Crippen LogP contribution in [0.2, 0.25) is 0 Å². The lowest BCUT2D eigenvalue weighted by molar-refractivity contribution is -0.133. The minimum Gasteiger partial charge on any atom is -0.480 e. The van der Waals surface area contributed by atoms with E-state index in [9.17, 15) is 22.8 Å². The van der Waals surface area contributed by atoms with Crippen LogP contribution in [0.3, 0.4) is 0 Å². The molecule has 178 valence electrons. The fourth-order valence-electron chi connectivity index (χ4n) is 3.88. The molecule has 1 aromatic rings. The van der Waals surface area contributed by atoms with Gasteiger partial charge < -0.3 is 20.1 Å². The number of nitrogens with one attached hydrogen (secondary N) is 4. The van der Waals surface area contributed by atoms with Crippen LogP contribution >= 0.6 is 0 Å². The zero-order valence-electron chi connectivity index (χ0n) is 17.6. The molecule has 0 bridgehead atoms. The van der Waals surface area contributed by atoms with Crippen LogP contribution in [0.4, 0.5) is 18.0 Å². The highest BCUT2D eigenvalue weighted by atomic mass is 19.4. The molecule has 0 aromatic carbocycles. The van der Waals surface area contributed by atoms with E-state index in [1.54, 1.807) is 0 Å². The van der Waals surface area contributed by atoms with E-state index in [4.69, 9.17) is 9.47 Å². The monoisotopic (exact) mass is 460 g/mol. The molecule has 2 aliphatic rings. The number of alkyl carbamates (subject to hydrolysis) is 1. The molecule has 1 saturated carbocycles. The van der Waals surface area contributed by atoms with Crippen molar-refractivity contribution in [1.82, 2.24) is 31.5 Å². The van der Waals surface area contributed by atoms with Crippen LogP contribution in [0.25, 0.3) is 0 Å². The smallest absolute Gasteiger partial charge is 0.407 e. The van der Waals surface area contributed by atoms with Gasteiger partial charge in [-0.3, -0.25) is 15.2 Å². The Kier molecular flexibility index (Phi) is 8.07. The molecule has 1 aliphatic carbocycles. The van der Waals surface area contributed by atoms with Gasteiger partial charge in [0.15, 0.2) is 0 Å². The van der Waals surface area contributed by atoms with Crippen molar-refractivity contribution in [3.63, 3.8) is 0 Å². The first-order valence-corrected chi connectivity index (χ1v) is 10.4. The van der Waals surface area contributed by atoms with Gasteiger partial charge in [0, 0.05) is 12.6 Å². The van der Waals surface area contributed by atoms with Crippen LogP contribution in [-0.4, -0.2) is 60.1 Å². The average Bonchev–Trinajstić information content (AvgIpc) is 3.37. The zero-order chi connectivity index (χ0) is 23.1. The molecule has 32 heavy (non-hydrogen) atoms. The Morgan fingerprint density at radius 3 is 2.69 bits per heavy atom. The highest BCUT2D eigenvalue weighted by Gasteiger charge is 2.37. The second-order valence-electron chi connectivity index (χ2n) is 7.87. The Bertz CT molecular complexity index is 779. The first kappa shape index (κ1) is 24.0. The molecule has 0 spiro atoms. The summed E-state index contributed by atoms with van der Waals surface area (Å²) in [5.74, 6) is 0.383. The van der Waals surface area contributed by atoms with Gasteiger partial charge in [0.2, 0.25) is 11.8 Å². The first-order chi connectivity index (χ1) is 15.2. The molecular formula is C19H27F3N6O4. The summed E-state index contributed by atoms with van der Waals surface area (Å²) in [6, 6.07) is 0.0722. The summed E-state index contributed by atoms with van der Waals surface area (Å²) in [5.41, 5.74) is 6.74. The molecule has 2 heterocycles. The Morgan fingerprint density at radius 2 is 2.00 bits per heavy atom. The molecule has 4 atom stereocenters. The summed E-state index contributed by atoms with van der Waals surface area (Å²) in [7, 11) is 1.48. The van der Waals surface area contributed by atoms with Crippen molar-refractivity contribution in [2.75, 3.05) is 13.7 Å². The molecule has 2 unspecified atom stereocenters. The minimum absolute atomic E-state index is 0.0722. The molecule has 1 aromatic heterocycles. The van der Waals surface area contributed by atoms with Crippen LogP contribution in [0.5, 0.6) is 5.88 Å². The van der Waals surface area contributed by atoms with Crippen LogP contribution in [0.1, 0.15) is 37.8 Å². The predicted molar refractivity (Wildman–Crippen MR) is 105 cm³/mol. The summed E-state index contributed by atoms with van der Waals surface area (Å²) in [5, 5.41) is 5.02. The van der Waals surface area contributed by atoms with Gasteiger partial charge in [-0.1, -0.05) is 0 Å². The fraction of sp³-hybridized carbons (Fsp3) is 0.684. The third-order valence-electron chi connectivity index (χ3n) is 5.45. The second kappa shape index (κ2) is 10.8. The standard InChI is InChI=1S/C19H27F3N6O4/c1-31-17-10-24-12(9-25-17)7-16(29)26-15-8-14(27-28-15)11-2-3-13(6-11)32-18(30)23-5-4-19(20,21)22/h9-11,13-15,27-28H,2-8H2,1H3,(H,23,30)(H,26,29)/t11-,13+,14?,15?/m0/s1. The van der Waals surface area contributed by atoms with E-state index < -0.39 is 25.2 Å². The van der Waals surface area contributed by atoms with Gasteiger partial charge in [-0.05, 0) is 31.6 Å². The lowest BCUT2D eigenvalue weighted by Gasteiger charge is -2.18. The number of amides is 2. The van der Waals surface area contributed by atoms with Crippen molar-refractivity contribution in [2.45, 2.75) is 63.0 Å². The third kappa shape index (κ3) is 7.48. The molecule has 3 rings (SSSR count). The highest BCUT2D eigenvalue weighted by Crippen LogP contribution is 2.33. The number of halogens is 3. The van der Waals surface area contributed by atoms with Gasteiger partial charge in [0.05, 0.1) is 44.2 Å². The number of methoxy groups -OCH3 is 1. The molecule has 2 amide bonds. The number of aromatic nitrogens is 2. The van der Waals surface area contributed by atoms with Gasteiger partial charge in [-0.25, -0.2) is 15.2 Å². The number of nitrogens with zero attached hydrogens (tertiary/aromatic N) is 2. The summed E-state index contributed by atoms with van der Waals surface area (Å²) < 4.78 is 46.6. The highest BCUT2D eigenvalue weighted by molar-refractivity contribution is 5.78. The molecule has 0 radical (unpaired) electrons. The summed E-state index contributed by atoms with van der Waals surface area (Å²) >= 11 is 0. The Morgan fingerprint density at radius 1 is 1.19 bits per heavy atom. The van der Waals surface area contributed by atoms with Crippen LogP contribution in [0.15, 0.2) is 12.4 Å². The van der Waals surface area contributed by atoms with Gasteiger partial charge >= 0.3 is 12.3 Å². The molecule has 4 N–H and O–H groups in total. The number of alkyl halides is 3. The number of hydrogen-bond donors (Lipinski definition) is 4. The van der Waals surface area contributed by atoms with E-state index in [0.29, 0.717) is 30.8 Å². The van der Waals surface area contributed by atoms with Crippen molar-refractivity contribution < 1.29 is 32.2 Å². The summed E-state index contributed by atoms with van der Waals surface area (Å²) in [6.45, 7) is -0.504. The van der Waals surface area contributed by atoms with Crippen LogP contribution < -0.4 is 26.2 Å². The van der Waals surface area contributed by atoms with Crippen molar-refractivity contribution in [2.24, 2.45) is 5.92 Å². The summed E-state index contributed by atoms with van der Waals surface area (Å²) in [6.07, 6.45) is -1.12. The maximum atomic E-state index is 12.3. The fourth-order valence-corrected chi connectivity index (χ4v) is 3.88. The molecular weight excluding hydrogens is 433 g/mol. The number of carbonyl (C=O) groups is 2. The lowest BCUT2D eigenvalue weighted by Crippen LogP contribution is -2.45. The number of carbonyl (C=O) groups excluding carboxylic acids is 2. The van der Waals surface area contributed by atoms with Crippen molar-refractivity contribution in [3.8, 4) is 5.88 Å². The van der Waals surface area contributed by atoms with E-state index in [1.807, 2.05) is 0 Å². The first-order valence-electron chi connectivity index (χ1n) is 10.4. The molecule has 2 fully saturated rings. The summed E-state index contributed by atoms with van der Waals surface area (Å²) in [4.78, 5) is 32.1. The van der Waals surface area contributed by atoms with Crippen molar-refractivity contribution in [1.29, 1.82) is 0 Å². The van der Waals surface area contributed by atoms with E-state index in [-0.39, 0.29) is 36.6 Å². The van der Waals surface area contributed by atoms with Crippen molar-refractivity contribution in [3.05, 3.63) is 18.1 Å². The van der Waals surface area contributed by atoms with Crippen LogP contribution in [-0.2, 0) is 16.0 Å². The minimum atomic E-state index is -4.32. The molecule has 10 nitrogen and oxygen atoms in total. The number of ether oxygens (including phenoxy) is 2. The quantitative estimate of drug-likeness (QED) is 0.456. The molecule has 13 heteroatoms. The predicted octanol–water partition coefficient (Wildman–Crippen LogP) is 1.18. The number of hydrazine groups is 1. The van der Waals surface area contributed by atoms with Gasteiger partial charge in [-0.15, -0.1) is 0 Å². The van der Waals surface area contributed by atoms with E-state index in [1.165, 1.54) is 19.5 Å². The van der Waals surface area contributed by atoms with Gasteiger partial charge in [0.25, 0.3) is 0 Å². The Balaban J connectivity index is 1.35. The SMILES string of the molecule is COc1cnc(CC(=O)NC2CC([C@H]3CC[C@@H](OC(=O)NCCC(F)(F)F)C3)NN2)cn1. The Hall–Kier alpha value is -2.67. The second-order valence-corrected chi connectivity index (χ2v) is 7.87.